The van der Waals surface area contributed by atoms with Crippen molar-refractivity contribution in [3.63, 3.8) is 0 Å². The van der Waals surface area contributed by atoms with E-state index in [-0.39, 0.29) is 47.8 Å². The second-order valence-corrected chi connectivity index (χ2v) is 15.5. The maximum absolute atomic E-state index is 16.0. The number of carbonyl (C=O) groups excluding carboxylic acids is 4. The Bertz CT molecular complexity index is 1690. The molecule has 1 saturated heterocycles. The first-order chi connectivity index (χ1) is 25.7. The lowest BCUT2D eigenvalue weighted by molar-refractivity contribution is -0.135. The quantitative estimate of drug-likeness (QED) is 0.115. The van der Waals surface area contributed by atoms with Crippen molar-refractivity contribution in [2.24, 2.45) is 28.5 Å². The number of hydrogen-bond donors (Lipinski definition) is 4. The van der Waals surface area contributed by atoms with E-state index >= 15 is 4.39 Å². The zero-order valence-corrected chi connectivity index (χ0v) is 33.0. The molecule has 2 aliphatic carbocycles. The van der Waals surface area contributed by atoms with E-state index in [1.807, 2.05) is 20.9 Å². The Balaban J connectivity index is 1.38. The second kappa shape index (κ2) is 17.9. The van der Waals surface area contributed by atoms with Gasteiger partial charge in [0.05, 0.1) is 11.7 Å². The number of nitrogens with one attached hydrogen (secondary N) is 3. The van der Waals surface area contributed by atoms with E-state index in [1.54, 1.807) is 48.8 Å². The van der Waals surface area contributed by atoms with Gasteiger partial charge >= 0.3 is 6.03 Å². The van der Waals surface area contributed by atoms with Crippen LogP contribution in [0.1, 0.15) is 75.3 Å². The number of aliphatic imine (C=N–C) groups is 1. The van der Waals surface area contributed by atoms with Gasteiger partial charge in [-0.3, -0.25) is 24.1 Å². The summed E-state index contributed by atoms with van der Waals surface area (Å²) in [4.78, 5) is 64.2. The molecule has 1 aromatic carbocycles. The average Bonchev–Trinajstić information content (AvgIpc) is 4.11. The van der Waals surface area contributed by atoms with Crippen LogP contribution in [0.25, 0.3) is 0 Å². The molecule has 14 nitrogen and oxygen atoms in total. The van der Waals surface area contributed by atoms with Gasteiger partial charge < -0.3 is 36.4 Å². The van der Waals surface area contributed by atoms with E-state index in [1.165, 1.54) is 17.0 Å². The topological polar surface area (TPSA) is 170 Å². The van der Waals surface area contributed by atoms with E-state index in [4.69, 9.17) is 22.3 Å². The third kappa shape index (κ3) is 9.70. The normalized spacial score (nSPS) is 20.2. The molecule has 2 saturated carbocycles. The van der Waals surface area contributed by atoms with Crippen LogP contribution in [0.3, 0.4) is 0 Å². The van der Waals surface area contributed by atoms with E-state index < -0.39 is 41.7 Å². The maximum atomic E-state index is 16.0. The van der Waals surface area contributed by atoms with E-state index in [0.717, 1.165) is 25.7 Å². The van der Waals surface area contributed by atoms with Crippen LogP contribution in [-0.4, -0.2) is 124 Å². The molecule has 0 radical (unpaired) electrons. The zero-order valence-electron chi connectivity index (χ0n) is 32.2. The molecule has 0 unspecified atom stereocenters. The number of aromatic nitrogens is 2. The summed E-state index contributed by atoms with van der Waals surface area (Å²) in [7, 11) is 3.59. The summed E-state index contributed by atoms with van der Waals surface area (Å²) in [5.74, 6) is -1.51. The highest BCUT2D eigenvalue weighted by molar-refractivity contribution is 6.18. The van der Waals surface area contributed by atoms with Crippen molar-refractivity contribution in [2.45, 2.75) is 90.0 Å². The van der Waals surface area contributed by atoms with E-state index in [0.29, 0.717) is 49.3 Å². The molecule has 3 aliphatic rings. The van der Waals surface area contributed by atoms with Crippen molar-refractivity contribution in [1.29, 1.82) is 0 Å². The third-order valence-corrected chi connectivity index (χ3v) is 11.5. The molecule has 0 bridgehead atoms. The summed E-state index contributed by atoms with van der Waals surface area (Å²) in [6.07, 6.45) is 5.52. The summed E-state index contributed by atoms with van der Waals surface area (Å²) in [5, 5.41) is 12.6. The smallest absolute Gasteiger partial charge is 0.317 e. The molecule has 3 fully saturated rings. The van der Waals surface area contributed by atoms with Gasteiger partial charge in [0, 0.05) is 63.8 Å². The highest BCUT2D eigenvalue weighted by Crippen LogP contribution is 2.51. The Labute approximate surface area is 322 Å². The number of nitrogens with two attached hydrogens (primary N) is 1. The third-order valence-electron chi connectivity index (χ3n) is 11.3. The SMILES string of the molecule is CCn1nccc1C(=O)N[C@H](C(=O)Nc1ccc([C@H](C)[C@@H](N=C(N)[C@H](C)N(C)C(=O)NCCCl)C(=O)N2CCN(C)[C@H](C)C2)cc1F)C(C1CC1)C1CC1. The number of amidine groups is 1. The molecule has 1 aromatic heterocycles. The fourth-order valence-electron chi connectivity index (χ4n) is 7.27. The summed E-state index contributed by atoms with van der Waals surface area (Å²) >= 11 is 5.73. The second-order valence-electron chi connectivity index (χ2n) is 15.1. The number of halogens is 2. The number of carbonyl (C=O) groups is 4. The van der Waals surface area contributed by atoms with Crippen molar-refractivity contribution in [2.75, 3.05) is 51.5 Å². The van der Waals surface area contributed by atoms with Gasteiger partial charge in [0.25, 0.3) is 5.91 Å². The van der Waals surface area contributed by atoms with Crippen LogP contribution in [0.4, 0.5) is 14.9 Å². The van der Waals surface area contributed by atoms with Gasteiger partial charge in [-0.15, -0.1) is 11.6 Å². The molecule has 0 spiro atoms. The predicted molar refractivity (Wildman–Crippen MR) is 207 cm³/mol. The first kappa shape index (κ1) is 40.9. The number of nitrogens with zero attached hydrogens (tertiary/aromatic N) is 6. The lowest BCUT2D eigenvalue weighted by atomic mass is 9.88. The molecular weight excluding hydrogens is 715 g/mol. The number of urea groups is 1. The minimum Gasteiger partial charge on any atom is -0.386 e. The van der Waals surface area contributed by atoms with Crippen molar-refractivity contribution in [3.8, 4) is 0 Å². The number of likely N-dealkylation sites (N-methyl/N-ethyl adjacent to an activating group) is 2. The van der Waals surface area contributed by atoms with Gasteiger partial charge in [-0.05, 0) is 95.0 Å². The average molecular weight is 771 g/mol. The largest absolute Gasteiger partial charge is 0.386 e. The first-order valence-electron chi connectivity index (χ1n) is 19.1. The lowest BCUT2D eigenvalue weighted by Gasteiger charge is -2.39. The molecule has 2 aromatic rings. The highest BCUT2D eigenvalue weighted by Gasteiger charge is 2.48. The number of anilines is 1. The Morgan fingerprint density at radius 2 is 1.80 bits per heavy atom. The van der Waals surface area contributed by atoms with Crippen molar-refractivity contribution >= 4 is 46.9 Å². The van der Waals surface area contributed by atoms with Crippen LogP contribution in [0, 0.1) is 23.6 Å². The zero-order chi connectivity index (χ0) is 39.3. The van der Waals surface area contributed by atoms with Gasteiger partial charge in [-0.25, -0.2) is 9.18 Å². The van der Waals surface area contributed by atoms with Crippen LogP contribution in [0.2, 0.25) is 0 Å². The molecule has 54 heavy (non-hydrogen) atoms. The molecule has 16 heteroatoms. The van der Waals surface area contributed by atoms with Gasteiger partial charge in [0.1, 0.15) is 29.4 Å². The highest BCUT2D eigenvalue weighted by atomic mass is 35.5. The Morgan fingerprint density at radius 3 is 2.39 bits per heavy atom. The van der Waals surface area contributed by atoms with E-state index in [2.05, 4.69) is 25.9 Å². The summed E-state index contributed by atoms with van der Waals surface area (Å²) in [5.41, 5.74) is 7.29. The summed E-state index contributed by atoms with van der Waals surface area (Å²) in [6, 6.07) is 3.29. The summed E-state index contributed by atoms with van der Waals surface area (Å²) in [6.45, 7) is 9.87. The minimum atomic E-state index is -1.02. The lowest BCUT2D eigenvalue weighted by Crippen LogP contribution is -2.55. The number of aryl methyl sites for hydroxylation is 1. The predicted octanol–water partition coefficient (Wildman–Crippen LogP) is 3.48. The number of amides is 5. The molecular formula is C38H56ClFN10O4. The molecule has 5 atom stereocenters. The molecule has 1 aliphatic heterocycles. The molecule has 5 N–H and O–H groups in total. The van der Waals surface area contributed by atoms with Crippen molar-refractivity contribution in [1.82, 2.24) is 35.1 Å². The standard InChI is InChI=1S/C38H56ClFN10O4/c1-7-50-30(14-16-43-50)35(51)46-33(31(25-8-9-25)26-10-11-26)36(52)44-29-13-12-27(20-28(29)40)23(3)32(37(53)49-19-18-47(5)22(2)21-49)45-34(41)24(4)48(6)38(54)42-17-15-39/h12-14,16,20,22-26,31-33H,7-11,15,17-19,21H2,1-6H3,(H2,41,45)(H,42,54)(H,44,52)(H,46,51)/t22-,23+,24+,32-,33+/m1/s1. The maximum Gasteiger partial charge on any atom is 0.317 e. The molecule has 5 rings (SSSR count). The number of rotatable bonds is 16. The van der Waals surface area contributed by atoms with Crippen LogP contribution in [0.15, 0.2) is 35.5 Å². The first-order valence-corrected chi connectivity index (χ1v) is 19.6. The molecule has 296 valence electrons. The van der Waals surface area contributed by atoms with E-state index in [9.17, 15) is 19.2 Å². The van der Waals surface area contributed by atoms with Gasteiger partial charge in [-0.1, -0.05) is 13.0 Å². The Kier molecular flexibility index (Phi) is 13.6. The van der Waals surface area contributed by atoms with Crippen LogP contribution < -0.4 is 21.7 Å². The van der Waals surface area contributed by atoms with Gasteiger partial charge in [0.15, 0.2) is 0 Å². The number of piperazine rings is 1. The van der Waals surface area contributed by atoms with Crippen LogP contribution in [-0.2, 0) is 16.1 Å². The summed E-state index contributed by atoms with van der Waals surface area (Å²) < 4.78 is 17.6. The monoisotopic (exact) mass is 770 g/mol. The van der Waals surface area contributed by atoms with Crippen molar-refractivity contribution in [3.05, 3.63) is 47.5 Å². The van der Waals surface area contributed by atoms with Crippen LogP contribution >= 0.6 is 11.6 Å². The van der Waals surface area contributed by atoms with Gasteiger partial charge in [0.2, 0.25) is 11.8 Å². The number of benzene rings is 1. The van der Waals surface area contributed by atoms with Gasteiger partial charge in [-0.2, -0.15) is 5.10 Å². The molecule has 5 amide bonds. The number of alkyl halides is 1. The fraction of sp³-hybridized carbons (Fsp3) is 0.632. The van der Waals surface area contributed by atoms with Crippen molar-refractivity contribution < 1.29 is 23.6 Å². The fourth-order valence-corrected chi connectivity index (χ4v) is 7.36. The Hall–Kier alpha value is -4.24. The van der Waals surface area contributed by atoms with Crippen LogP contribution in [0.5, 0.6) is 0 Å². The Morgan fingerprint density at radius 1 is 1.11 bits per heavy atom. The molecule has 2 heterocycles. The number of hydrogen-bond acceptors (Lipinski definition) is 7. The minimum absolute atomic E-state index is 0.0314.